The molecule has 0 saturated heterocycles. The van der Waals surface area contributed by atoms with Crippen LogP contribution in [0.15, 0.2) is 0 Å². The molecular formula is C29H56N2O8. The number of carboxylic acids is 1. The van der Waals surface area contributed by atoms with Crippen LogP contribution >= 0.6 is 0 Å². The van der Waals surface area contributed by atoms with Crippen molar-refractivity contribution in [3.05, 3.63) is 0 Å². The summed E-state index contributed by atoms with van der Waals surface area (Å²) in [7, 11) is 0. The Hall–Kier alpha value is -2.52. The van der Waals surface area contributed by atoms with E-state index in [9.17, 15) is 19.2 Å². The van der Waals surface area contributed by atoms with Gasteiger partial charge in [-0.1, -0.05) is 46.0 Å². The number of carbonyl (C=O) groups excluding carboxylic acids is 3. The highest BCUT2D eigenvalue weighted by atomic mass is 16.6. The Bertz CT molecular complexity index is 684. The molecule has 0 aliphatic carbocycles. The van der Waals surface area contributed by atoms with Crippen LogP contribution in [0, 0.1) is 0 Å². The molecule has 0 rings (SSSR count). The molecule has 230 valence electrons. The van der Waals surface area contributed by atoms with E-state index in [4.69, 9.17) is 19.3 Å². The van der Waals surface area contributed by atoms with Crippen molar-refractivity contribution in [1.29, 1.82) is 0 Å². The van der Waals surface area contributed by atoms with Gasteiger partial charge in [0.15, 0.2) is 0 Å². The van der Waals surface area contributed by atoms with Gasteiger partial charge >= 0.3 is 24.1 Å². The zero-order valence-corrected chi connectivity index (χ0v) is 25.8. The predicted molar refractivity (Wildman–Crippen MR) is 153 cm³/mol. The number of carbonyl (C=O) groups is 4. The van der Waals surface area contributed by atoms with Gasteiger partial charge in [-0.15, -0.1) is 0 Å². The number of unbranched alkanes of at least 4 members (excludes halogenated alkanes) is 4. The molecule has 39 heavy (non-hydrogen) atoms. The Morgan fingerprint density at radius 2 is 1.15 bits per heavy atom. The minimum Gasteiger partial charge on any atom is -0.481 e. The molecule has 2 amide bonds. The molecule has 1 unspecified atom stereocenters. The van der Waals surface area contributed by atoms with Crippen LogP contribution in [0.1, 0.15) is 132 Å². The van der Waals surface area contributed by atoms with E-state index in [0.717, 1.165) is 25.7 Å². The van der Waals surface area contributed by atoms with Crippen molar-refractivity contribution >= 4 is 24.1 Å². The normalized spacial score (nSPS) is 11.9. The second-order valence-corrected chi connectivity index (χ2v) is 11.6. The summed E-state index contributed by atoms with van der Waals surface area (Å²) in [5.41, 5.74) is -1.02. The maximum Gasteiger partial charge on any atom is 0.407 e. The summed E-state index contributed by atoms with van der Waals surface area (Å²) in [5, 5.41) is 13.4. The van der Waals surface area contributed by atoms with E-state index < -0.39 is 29.4 Å². The summed E-state index contributed by atoms with van der Waals surface area (Å²) in [6.07, 6.45) is 9.46. The molecule has 0 fully saturated rings. The highest BCUT2D eigenvalue weighted by Gasteiger charge is 2.17. The van der Waals surface area contributed by atoms with Crippen molar-refractivity contribution in [2.75, 3.05) is 13.1 Å². The molecule has 0 radical (unpaired) electrons. The fourth-order valence-corrected chi connectivity index (χ4v) is 3.29. The minimum atomic E-state index is -0.865. The maximum atomic E-state index is 12.0. The van der Waals surface area contributed by atoms with Crippen molar-refractivity contribution in [2.24, 2.45) is 0 Å². The van der Waals surface area contributed by atoms with Gasteiger partial charge in [0.2, 0.25) is 0 Å². The van der Waals surface area contributed by atoms with E-state index in [2.05, 4.69) is 24.5 Å². The number of esters is 1. The van der Waals surface area contributed by atoms with Crippen LogP contribution in [-0.4, -0.2) is 59.6 Å². The topological polar surface area (TPSA) is 140 Å². The van der Waals surface area contributed by atoms with Crippen molar-refractivity contribution in [3.8, 4) is 0 Å². The van der Waals surface area contributed by atoms with Crippen LogP contribution in [0.25, 0.3) is 0 Å². The SMILES string of the molecule is CC(C)(C)OC(=O)NCCCC(=O)O.CCCCCCCC(CCC)OC(=O)CCCNC(=O)OC(C)(C)C. The first kappa shape index (κ1) is 38.6. The first-order valence-electron chi connectivity index (χ1n) is 14.4. The van der Waals surface area contributed by atoms with Crippen molar-refractivity contribution in [3.63, 3.8) is 0 Å². The van der Waals surface area contributed by atoms with E-state index >= 15 is 0 Å². The smallest absolute Gasteiger partial charge is 0.407 e. The fourth-order valence-electron chi connectivity index (χ4n) is 3.29. The molecule has 0 spiro atoms. The zero-order valence-electron chi connectivity index (χ0n) is 25.8. The number of carboxylic acid groups (broad SMARTS) is 1. The summed E-state index contributed by atoms with van der Waals surface area (Å²) in [4.78, 5) is 44.6. The van der Waals surface area contributed by atoms with Gasteiger partial charge in [-0.25, -0.2) is 9.59 Å². The van der Waals surface area contributed by atoms with E-state index in [1.54, 1.807) is 20.8 Å². The Morgan fingerprint density at radius 3 is 1.59 bits per heavy atom. The lowest BCUT2D eigenvalue weighted by Gasteiger charge is -2.20. The lowest BCUT2D eigenvalue weighted by molar-refractivity contribution is -0.150. The Balaban J connectivity index is 0. The monoisotopic (exact) mass is 560 g/mol. The van der Waals surface area contributed by atoms with Crippen LogP contribution in [0.5, 0.6) is 0 Å². The van der Waals surface area contributed by atoms with Gasteiger partial charge in [0.1, 0.15) is 17.3 Å². The molecule has 0 saturated carbocycles. The summed E-state index contributed by atoms with van der Waals surface area (Å²) >= 11 is 0. The molecule has 10 heteroatoms. The van der Waals surface area contributed by atoms with Crippen LogP contribution < -0.4 is 10.6 Å². The summed E-state index contributed by atoms with van der Waals surface area (Å²) in [6.45, 7) is 15.8. The van der Waals surface area contributed by atoms with Gasteiger partial charge in [0.25, 0.3) is 0 Å². The molecule has 0 aliphatic heterocycles. The Labute approximate surface area is 236 Å². The molecule has 0 bridgehead atoms. The third kappa shape index (κ3) is 31.6. The fraction of sp³-hybridized carbons (Fsp3) is 0.862. The van der Waals surface area contributed by atoms with Crippen molar-refractivity contribution in [2.45, 2.75) is 150 Å². The minimum absolute atomic E-state index is 0.0398. The third-order valence-corrected chi connectivity index (χ3v) is 5.00. The first-order chi connectivity index (χ1) is 18.1. The highest BCUT2D eigenvalue weighted by molar-refractivity contribution is 5.70. The Kier molecular flexibility index (Phi) is 22.1. The van der Waals surface area contributed by atoms with Gasteiger partial charge in [0, 0.05) is 25.9 Å². The first-order valence-corrected chi connectivity index (χ1v) is 14.4. The number of hydrogen-bond donors (Lipinski definition) is 3. The van der Waals surface area contributed by atoms with Crippen molar-refractivity contribution < 1.29 is 38.5 Å². The van der Waals surface area contributed by atoms with Crippen molar-refractivity contribution in [1.82, 2.24) is 10.6 Å². The second-order valence-electron chi connectivity index (χ2n) is 11.6. The number of aliphatic carboxylic acids is 1. The van der Waals surface area contributed by atoms with Gasteiger partial charge in [0.05, 0.1) is 0 Å². The van der Waals surface area contributed by atoms with Crippen LogP contribution in [0.2, 0.25) is 0 Å². The average Bonchev–Trinajstić information content (AvgIpc) is 2.77. The Morgan fingerprint density at radius 1 is 0.667 bits per heavy atom. The number of hydrogen-bond acceptors (Lipinski definition) is 7. The second kappa shape index (κ2) is 22.3. The third-order valence-electron chi connectivity index (χ3n) is 5.00. The summed E-state index contributed by atoms with van der Waals surface area (Å²) in [5.74, 6) is -1.03. The number of nitrogens with one attached hydrogen (secondary N) is 2. The number of ether oxygens (including phenoxy) is 3. The number of rotatable bonds is 17. The summed E-state index contributed by atoms with van der Waals surface area (Å²) < 4.78 is 15.7. The molecule has 0 aliphatic rings. The van der Waals surface area contributed by atoms with Gasteiger partial charge in [-0.2, -0.15) is 0 Å². The van der Waals surface area contributed by atoms with Gasteiger partial charge in [-0.05, 0) is 73.6 Å². The lowest BCUT2D eigenvalue weighted by Crippen LogP contribution is -2.33. The van der Waals surface area contributed by atoms with E-state index in [1.807, 2.05) is 20.8 Å². The van der Waals surface area contributed by atoms with E-state index in [1.165, 1.54) is 25.7 Å². The average molecular weight is 561 g/mol. The molecule has 1 atom stereocenters. The van der Waals surface area contributed by atoms with E-state index in [0.29, 0.717) is 32.4 Å². The molecule has 0 aromatic heterocycles. The quantitative estimate of drug-likeness (QED) is 0.101. The lowest BCUT2D eigenvalue weighted by atomic mass is 10.0. The zero-order chi connectivity index (χ0) is 30.3. The molecule has 0 aromatic rings. The molecule has 10 nitrogen and oxygen atoms in total. The van der Waals surface area contributed by atoms with Gasteiger partial charge < -0.3 is 30.0 Å². The van der Waals surface area contributed by atoms with E-state index in [-0.39, 0.29) is 18.5 Å². The van der Waals surface area contributed by atoms with Crippen LogP contribution in [0.4, 0.5) is 9.59 Å². The van der Waals surface area contributed by atoms with Crippen LogP contribution in [0.3, 0.4) is 0 Å². The highest BCUT2D eigenvalue weighted by Crippen LogP contribution is 2.15. The van der Waals surface area contributed by atoms with Crippen LogP contribution in [-0.2, 0) is 23.8 Å². The number of alkyl carbamates (subject to hydrolysis) is 2. The van der Waals surface area contributed by atoms with Gasteiger partial charge in [-0.3, -0.25) is 9.59 Å². The molecule has 0 heterocycles. The largest absolute Gasteiger partial charge is 0.481 e. The molecule has 0 aromatic carbocycles. The predicted octanol–water partition coefficient (Wildman–Crippen LogP) is 6.74. The standard InChI is InChI=1S/C20H39NO4.C9H17NO4/c1-6-8-9-10-11-14-17(13-7-2)24-18(22)15-12-16-21-19(23)25-20(3,4)5;1-9(2,3)14-8(13)10-6-4-5-7(11)12/h17H,6-16H2,1-5H3,(H,21,23);4-6H2,1-3H3,(H,10,13)(H,11,12). The molecule has 3 N–H and O–H groups in total. The summed E-state index contributed by atoms with van der Waals surface area (Å²) in [6, 6.07) is 0. The molecular weight excluding hydrogens is 504 g/mol. The number of amides is 2. The maximum absolute atomic E-state index is 12.0.